The molecule has 3 nitrogen and oxygen atoms in total. The zero-order chi connectivity index (χ0) is 15.2. The molecule has 0 aromatic heterocycles. The molecular formula is C19H24N2O. The fourth-order valence-corrected chi connectivity index (χ4v) is 3.06. The first kappa shape index (κ1) is 14.9. The van der Waals surface area contributed by atoms with E-state index in [1.807, 2.05) is 6.92 Å². The van der Waals surface area contributed by atoms with E-state index in [1.54, 1.807) is 0 Å². The summed E-state index contributed by atoms with van der Waals surface area (Å²) in [5.41, 5.74) is 2.63. The van der Waals surface area contributed by atoms with Crippen LogP contribution in [0.2, 0.25) is 0 Å². The number of para-hydroxylation sites is 1. The Morgan fingerprint density at radius 2 is 1.86 bits per heavy atom. The van der Waals surface area contributed by atoms with Crippen LogP contribution in [-0.2, 0) is 0 Å². The van der Waals surface area contributed by atoms with Crippen molar-refractivity contribution in [1.82, 2.24) is 5.32 Å². The van der Waals surface area contributed by atoms with Gasteiger partial charge in [0.25, 0.3) is 0 Å². The van der Waals surface area contributed by atoms with Gasteiger partial charge in [-0.3, -0.25) is 0 Å². The Morgan fingerprint density at radius 3 is 2.59 bits per heavy atom. The first-order valence-corrected chi connectivity index (χ1v) is 8.13. The van der Waals surface area contributed by atoms with Gasteiger partial charge in [0.1, 0.15) is 5.75 Å². The highest BCUT2D eigenvalue weighted by Crippen LogP contribution is 2.29. The summed E-state index contributed by atoms with van der Waals surface area (Å²) in [6, 6.07) is 19.6. The molecule has 1 unspecified atom stereocenters. The molecule has 0 saturated carbocycles. The predicted octanol–water partition coefficient (Wildman–Crippen LogP) is 3.63. The first-order valence-electron chi connectivity index (χ1n) is 8.13. The van der Waals surface area contributed by atoms with Gasteiger partial charge in [0.15, 0.2) is 0 Å². The minimum Gasteiger partial charge on any atom is -0.494 e. The van der Waals surface area contributed by atoms with Gasteiger partial charge in [-0.1, -0.05) is 30.3 Å². The highest BCUT2D eigenvalue weighted by Gasteiger charge is 2.22. The van der Waals surface area contributed by atoms with E-state index in [-0.39, 0.29) is 0 Å². The molecule has 3 heteroatoms. The number of ether oxygens (including phenoxy) is 1. The molecule has 22 heavy (non-hydrogen) atoms. The van der Waals surface area contributed by atoms with E-state index < -0.39 is 0 Å². The van der Waals surface area contributed by atoms with Gasteiger partial charge in [-0.05, 0) is 49.7 Å². The molecule has 116 valence electrons. The molecule has 1 aliphatic heterocycles. The molecular weight excluding hydrogens is 272 g/mol. The average Bonchev–Trinajstić information content (AvgIpc) is 2.83. The lowest BCUT2D eigenvalue weighted by Gasteiger charge is -2.32. The molecule has 2 aromatic rings. The monoisotopic (exact) mass is 296 g/mol. The molecule has 0 amide bonds. The van der Waals surface area contributed by atoms with Crippen molar-refractivity contribution in [3.63, 3.8) is 0 Å². The van der Waals surface area contributed by atoms with Gasteiger partial charge in [-0.25, -0.2) is 0 Å². The van der Waals surface area contributed by atoms with E-state index in [0.29, 0.717) is 12.6 Å². The number of anilines is 1. The Bertz CT molecular complexity index is 568. The first-order chi connectivity index (χ1) is 10.9. The van der Waals surface area contributed by atoms with Crippen molar-refractivity contribution in [2.24, 2.45) is 0 Å². The maximum atomic E-state index is 5.56. The van der Waals surface area contributed by atoms with Gasteiger partial charge in [0, 0.05) is 18.8 Å². The summed E-state index contributed by atoms with van der Waals surface area (Å²) >= 11 is 0. The summed E-state index contributed by atoms with van der Waals surface area (Å²) in [5.74, 6) is 0.944. The lowest BCUT2D eigenvalue weighted by Crippen LogP contribution is -2.32. The minimum absolute atomic E-state index is 0.362. The van der Waals surface area contributed by atoms with Crippen LogP contribution in [0.5, 0.6) is 5.75 Å². The van der Waals surface area contributed by atoms with Gasteiger partial charge >= 0.3 is 0 Å². The van der Waals surface area contributed by atoms with E-state index in [9.17, 15) is 0 Å². The third kappa shape index (κ3) is 3.42. The van der Waals surface area contributed by atoms with E-state index in [0.717, 1.165) is 25.4 Å². The summed E-state index contributed by atoms with van der Waals surface area (Å²) in [5, 5.41) is 3.56. The van der Waals surface area contributed by atoms with Crippen molar-refractivity contribution in [2.75, 3.05) is 31.1 Å². The standard InChI is InChI=1S/C19H24N2O/c1-2-22-18-11-9-16(10-12-18)19-15-20-13-6-14-21(19)17-7-4-3-5-8-17/h3-5,7-12,19-20H,2,6,13-15H2,1H3. The molecule has 0 bridgehead atoms. The number of hydrogen-bond acceptors (Lipinski definition) is 3. The molecule has 1 N–H and O–H groups in total. The van der Waals surface area contributed by atoms with Gasteiger partial charge in [0.05, 0.1) is 12.6 Å². The summed E-state index contributed by atoms with van der Waals surface area (Å²) < 4.78 is 5.56. The van der Waals surface area contributed by atoms with Gasteiger partial charge in [0.2, 0.25) is 0 Å². The second-order valence-electron chi connectivity index (χ2n) is 5.60. The summed E-state index contributed by atoms with van der Waals surface area (Å²) in [7, 11) is 0. The van der Waals surface area contributed by atoms with Crippen molar-refractivity contribution in [3.8, 4) is 5.75 Å². The predicted molar refractivity (Wildman–Crippen MR) is 91.6 cm³/mol. The fourth-order valence-electron chi connectivity index (χ4n) is 3.06. The molecule has 1 atom stereocenters. The Morgan fingerprint density at radius 1 is 1.09 bits per heavy atom. The molecule has 0 radical (unpaired) electrons. The summed E-state index contributed by atoms with van der Waals surface area (Å²) in [4.78, 5) is 2.51. The maximum Gasteiger partial charge on any atom is 0.119 e. The molecule has 3 rings (SSSR count). The van der Waals surface area contributed by atoms with Gasteiger partial charge in [-0.15, -0.1) is 0 Å². The molecule has 1 saturated heterocycles. The molecule has 1 fully saturated rings. The van der Waals surface area contributed by atoms with E-state index in [1.165, 1.54) is 17.7 Å². The van der Waals surface area contributed by atoms with Gasteiger partial charge in [-0.2, -0.15) is 0 Å². The highest BCUT2D eigenvalue weighted by molar-refractivity contribution is 5.49. The summed E-state index contributed by atoms with van der Waals surface area (Å²) in [6.07, 6.45) is 1.17. The van der Waals surface area contributed by atoms with Crippen LogP contribution in [0.25, 0.3) is 0 Å². The molecule has 1 heterocycles. The van der Waals surface area contributed by atoms with Crippen molar-refractivity contribution in [1.29, 1.82) is 0 Å². The number of hydrogen-bond donors (Lipinski definition) is 1. The van der Waals surface area contributed by atoms with Crippen molar-refractivity contribution in [2.45, 2.75) is 19.4 Å². The zero-order valence-corrected chi connectivity index (χ0v) is 13.2. The molecule has 0 aliphatic carbocycles. The maximum absolute atomic E-state index is 5.56. The number of rotatable bonds is 4. The smallest absolute Gasteiger partial charge is 0.119 e. The zero-order valence-electron chi connectivity index (χ0n) is 13.2. The quantitative estimate of drug-likeness (QED) is 0.932. The lowest BCUT2D eigenvalue weighted by atomic mass is 10.0. The van der Waals surface area contributed by atoms with E-state index in [2.05, 4.69) is 64.8 Å². The van der Waals surface area contributed by atoms with Crippen LogP contribution < -0.4 is 15.0 Å². The van der Waals surface area contributed by atoms with Crippen LogP contribution in [0.15, 0.2) is 54.6 Å². The minimum atomic E-state index is 0.362. The summed E-state index contributed by atoms with van der Waals surface area (Å²) in [6.45, 7) is 5.86. The normalized spacial score (nSPS) is 18.8. The number of nitrogens with zero attached hydrogens (tertiary/aromatic N) is 1. The number of nitrogens with one attached hydrogen (secondary N) is 1. The SMILES string of the molecule is CCOc1ccc(C2CNCCCN2c2ccccc2)cc1. The fraction of sp³-hybridized carbons (Fsp3) is 0.368. The van der Waals surface area contributed by atoms with Crippen LogP contribution in [0.4, 0.5) is 5.69 Å². The van der Waals surface area contributed by atoms with Crippen LogP contribution in [0.3, 0.4) is 0 Å². The van der Waals surface area contributed by atoms with Crippen LogP contribution >= 0.6 is 0 Å². The Kier molecular flexibility index (Phi) is 4.96. The average molecular weight is 296 g/mol. The molecule has 0 spiro atoms. The second-order valence-corrected chi connectivity index (χ2v) is 5.60. The Hall–Kier alpha value is -2.00. The van der Waals surface area contributed by atoms with E-state index >= 15 is 0 Å². The van der Waals surface area contributed by atoms with Crippen molar-refractivity contribution < 1.29 is 4.74 Å². The molecule has 1 aliphatic rings. The Balaban J connectivity index is 1.87. The second kappa shape index (κ2) is 7.32. The largest absolute Gasteiger partial charge is 0.494 e. The highest BCUT2D eigenvalue weighted by atomic mass is 16.5. The Labute approximate surface area is 132 Å². The third-order valence-electron chi connectivity index (χ3n) is 4.13. The van der Waals surface area contributed by atoms with Crippen molar-refractivity contribution in [3.05, 3.63) is 60.2 Å². The van der Waals surface area contributed by atoms with Gasteiger partial charge < -0.3 is 15.0 Å². The van der Waals surface area contributed by atoms with Crippen LogP contribution in [-0.4, -0.2) is 26.2 Å². The third-order valence-corrected chi connectivity index (χ3v) is 4.13. The topological polar surface area (TPSA) is 24.5 Å². The van der Waals surface area contributed by atoms with E-state index in [4.69, 9.17) is 4.74 Å². The number of benzene rings is 2. The van der Waals surface area contributed by atoms with Crippen LogP contribution in [0, 0.1) is 0 Å². The van der Waals surface area contributed by atoms with Crippen molar-refractivity contribution >= 4 is 5.69 Å². The lowest BCUT2D eigenvalue weighted by molar-refractivity contribution is 0.340. The molecule has 2 aromatic carbocycles. The van der Waals surface area contributed by atoms with Crippen LogP contribution in [0.1, 0.15) is 24.9 Å².